The van der Waals surface area contributed by atoms with Crippen LogP contribution in [-0.4, -0.2) is 53.4 Å². The first-order valence-corrected chi connectivity index (χ1v) is 9.52. The molecule has 1 aromatic carbocycles. The van der Waals surface area contributed by atoms with E-state index in [2.05, 4.69) is 0 Å². The van der Waals surface area contributed by atoms with Crippen molar-refractivity contribution >= 4 is 22.9 Å². The molecular weight excluding hydrogens is 324 g/mol. The van der Waals surface area contributed by atoms with Crippen LogP contribution < -0.4 is 4.74 Å². The second kappa shape index (κ2) is 7.92. The number of amides is 2. The van der Waals surface area contributed by atoms with E-state index in [4.69, 9.17) is 4.74 Å². The Kier molecular flexibility index (Phi) is 5.66. The summed E-state index contributed by atoms with van der Waals surface area (Å²) in [5, 5.41) is 0.0270. The van der Waals surface area contributed by atoms with E-state index in [1.165, 1.54) is 11.8 Å². The highest BCUT2D eigenvalue weighted by atomic mass is 32.2. The monoisotopic (exact) mass is 348 g/mol. The third-order valence-corrected chi connectivity index (χ3v) is 5.64. The average molecular weight is 348 g/mol. The van der Waals surface area contributed by atoms with Crippen LogP contribution in [0.3, 0.4) is 0 Å². The van der Waals surface area contributed by atoms with Gasteiger partial charge in [0.1, 0.15) is 12.3 Å². The summed E-state index contributed by atoms with van der Waals surface area (Å²) >= 11 is 1.30. The van der Waals surface area contributed by atoms with E-state index >= 15 is 0 Å². The predicted octanol–water partition coefficient (Wildman–Crippen LogP) is 3.31. The van der Waals surface area contributed by atoms with Crippen LogP contribution in [0.4, 0.5) is 4.79 Å². The Hall–Kier alpha value is -1.69. The van der Waals surface area contributed by atoms with E-state index in [0.29, 0.717) is 6.54 Å². The summed E-state index contributed by atoms with van der Waals surface area (Å²) in [4.78, 5) is 28.3. The van der Waals surface area contributed by atoms with E-state index in [1.807, 2.05) is 29.2 Å². The van der Waals surface area contributed by atoms with Gasteiger partial charge in [-0.2, -0.15) is 0 Å². The fourth-order valence-corrected chi connectivity index (χ4v) is 4.23. The third kappa shape index (κ3) is 3.86. The zero-order chi connectivity index (χ0) is 16.9. The van der Waals surface area contributed by atoms with Crippen molar-refractivity contribution in [1.29, 1.82) is 0 Å². The highest BCUT2D eigenvalue weighted by molar-refractivity contribution is 8.13. The van der Waals surface area contributed by atoms with Crippen LogP contribution in [0.25, 0.3) is 0 Å². The molecule has 2 saturated heterocycles. The van der Waals surface area contributed by atoms with E-state index in [9.17, 15) is 9.59 Å². The molecule has 0 N–H and O–H groups in total. The topological polar surface area (TPSA) is 49.9 Å². The molecule has 0 radical (unpaired) electrons. The van der Waals surface area contributed by atoms with Crippen molar-refractivity contribution in [2.75, 3.05) is 32.5 Å². The second-order valence-corrected chi connectivity index (χ2v) is 7.31. The fourth-order valence-electron chi connectivity index (χ4n) is 3.40. The number of nitrogens with zero attached hydrogens (tertiary/aromatic N) is 2. The number of likely N-dealkylation sites (tertiary alicyclic amines) is 1. The molecular formula is C18H24N2O3S. The van der Waals surface area contributed by atoms with Crippen molar-refractivity contribution in [1.82, 2.24) is 9.80 Å². The number of benzene rings is 1. The SMILES string of the molecule is COc1ccc([C@@H]2CCCCCN2C(=O)CN2CCSC2=O)cc1. The maximum absolute atomic E-state index is 12.9. The first kappa shape index (κ1) is 17.1. The molecule has 0 spiro atoms. The Balaban J connectivity index is 1.76. The maximum atomic E-state index is 12.9. The largest absolute Gasteiger partial charge is 0.497 e. The van der Waals surface area contributed by atoms with Gasteiger partial charge in [0.05, 0.1) is 13.2 Å². The quantitative estimate of drug-likeness (QED) is 0.838. The average Bonchev–Trinajstić information content (AvgIpc) is 2.87. The van der Waals surface area contributed by atoms with E-state index in [1.54, 1.807) is 12.0 Å². The zero-order valence-corrected chi connectivity index (χ0v) is 14.9. The molecule has 0 unspecified atom stereocenters. The van der Waals surface area contributed by atoms with Crippen LogP contribution in [0.5, 0.6) is 5.75 Å². The molecule has 0 aliphatic carbocycles. The molecule has 0 saturated carbocycles. The molecule has 2 fully saturated rings. The number of rotatable bonds is 4. The molecule has 130 valence electrons. The lowest BCUT2D eigenvalue weighted by atomic mass is 10.0. The van der Waals surface area contributed by atoms with Gasteiger partial charge in [-0.15, -0.1) is 0 Å². The molecule has 3 rings (SSSR count). The lowest BCUT2D eigenvalue weighted by Crippen LogP contribution is -2.42. The Morgan fingerprint density at radius 1 is 1.21 bits per heavy atom. The van der Waals surface area contributed by atoms with Crippen LogP contribution in [0.1, 0.15) is 37.3 Å². The summed E-state index contributed by atoms with van der Waals surface area (Å²) in [6.45, 7) is 1.65. The highest BCUT2D eigenvalue weighted by Crippen LogP contribution is 2.31. The van der Waals surface area contributed by atoms with Gasteiger partial charge in [0, 0.05) is 18.8 Å². The summed E-state index contributed by atoms with van der Waals surface area (Å²) in [5.41, 5.74) is 1.15. The van der Waals surface area contributed by atoms with Gasteiger partial charge >= 0.3 is 0 Å². The number of ether oxygens (including phenoxy) is 1. The molecule has 5 nitrogen and oxygen atoms in total. The Labute approximate surface area is 147 Å². The fraction of sp³-hybridized carbons (Fsp3) is 0.556. The Bertz CT molecular complexity index is 590. The Morgan fingerprint density at radius 2 is 2.00 bits per heavy atom. The Morgan fingerprint density at radius 3 is 2.67 bits per heavy atom. The van der Waals surface area contributed by atoms with Gasteiger partial charge in [-0.05, 0) is 30.5 Å². The molecule has 2 aliphatic rings. The number of carbonyl (C=O) groups excluding carboxylic acids is 2. The number of methoxy groups -OCH3 is 1. The van der Waals surface area contributed by atoms with Crippen molar-refractivity contribution < 1.29 is 14.3 Å². The first-order valence-electron chi connectivity index (χ1n) is 8.54. The molecule has 2 aliphatic heterocycles. The van der Waals surface area contributed by atoms with E-state index < -0.39 is 0 Å². The second-order valence-electron chi connectivity index (χ2n) is 6.26. The van der Waals surface area contributed by atoms with Crippen LogP contribution in [0.2, 0.25) is 0 Å². The van der Waals surface area contributed by atoms with Gasteiger partial charge in [-0.25, -0.2) is 0 Å². The molecule has 2 heterocycles. The first-order chi connectivity index (χ1) is 11.7. The molecule has 1 atom stereocenters. The summed E-state index contributed by atoms with van der Waals surface area (Å²) in [5.74, 6) is 1.67. The van der Waals surface area contributed by atoms with Crippen LogP contribution in [0.15, 0.2) is 24.3 Å². The van der Waals surface area contributed by atoms with Gasteiger partial charge in [-0.1, -0.05) is 36.7 Å². The van der Waals surface area contributed by atoms with Crippen LogP contribution >= 0.6 is 11.8 Å². The van der Waals surface area contributed by atoms with E-state index in [0.717, 1.165) is 49.3 Å². The lowest BCUT2D eigenvalue weighted by Gasteiger charge is -2.32. The van der Waals surface area contributed by atoms with Crippen LogP contribution in [0, 0.1) is 0 Å². The lowest BCUT2D eigenvalue weighted by molar-refractivity contribution is -0.134. The minimum Gasteiger partial charge on any atom is -0.497 e. The van der Waals surface area contributed by atoms with Gasteiger partial charge in [-0.3, -0.25) is 9.59 Å². The predicted molar refractivity (Wildman–Crippen MR) is 95.3 cm³/mol. The van der Waals surface area contributed by atoms with Crippen molar-refractivity contribution in [3.05, 3.63) is 29.8 Å². The molecule has 0 bridgehead atoms. The standard InChI is InChI=1S/C18H24N2O3S/c1-23-15-8-6-14(7-9-15)16-5-3-2-4-10-20(16)17(21)13-19-11-12-24-18(19)22/h6-9,16H,2-5,10-13H2,1H3/t16-/m0/s1. The van der Waals surface area contributed by atoms with Crippen LogP contribution in [-0.2, 0) is 4.79 Å². The minimum atomic E-state index is 0.0270. The third-order valence-electron chi connectivity index (χ3n) is 4.74. The van der Waals surface area contributed by atoms with E-state index in [-0.39, 0.29) is 23.7 Å². The summed E-state index contributed by atoms with van der Waals surface area (Å²) in [7, 11) is 1.65. The van der Waals surface area contributed by atoms with Crippen molar-refractivity contribution in [3.8, 4) is 5.75 Å². The summed E-state index contributed by atoms with van der Waals surface area (Å²) in [6, 6.07) is 8.08. The number of thioether (sulfide) groups is 1. The molecule has 2 amide bonds. The normalized spacial score (nSPS) is 21.7. The van der Waals surface area contributed by atoms with Crippen molar-refractivity contribution in [2.24, 2.45) is 0 Å². The van der Waals surface area contributed by atoms with Gasteiger partial charge in [0.25, 0.3) is 5.24 Å². The maximum Gasteiger partial charge on any atom is 0.282 e. The highest BCUT2D eigenvalue weighted by Gasteiger charge is 2.30. The smallest absolute Gasteiger partial charge is 0.282 e. The van der Waals surface area contributed by atoms with Gasteiger partial charge in [0.2, 0.25) is 5.91 Å². The number of hydrogen-bond acceptors (Lipinski definition) is 4. The molecule has 24 heavy (non-hydrogen) atoms. The van der Waals surface area contributed by atoms with Gasteiger partial charge in [0.15, 0.2) is 0 Å². The number of carbonyl (C=O) groups is 2. The zero-order valence-electron chi connectivity index (χ0n) is 14.1. The molecule has 1 aromatic rings. The number of hydrogen-bond donors (Lipinski definition) is 0. The summed E-state index contributed by atoms with van der Waals surface area (Å²) < 4.78 is 5.23. The van der Waals surface area contributed by atoms with Gasteiger partial charge < -0.3 is 14.5 Å². The molecule has 6 heteroatoms. The summed E-state index contributed by atoms with van der Waals surface area (Å²) in [6.07, 6.45) is 4.27. The van der Waals surface area contributed by atoms with Crippen molar-refractivity contribution in [3.63, 3.8) is 0 Å². The van der Waals surface area contributed by atoms with Crippen molar-refractivity contribution in [2.45, 2.75) is 31.7 Å². The molecule has 0 aromatic heterocycles. The minimum absolute atomic E-state index is 0.0270.